The van der Waals surface area contributed by atoms with Gasteiger partial charge in [0.25, 0.3) is 0 Å². The second-order valence-electron chi connectivity index (χ2n) is 4.71. The van der Waals surface area contributed by atoms with E-state index in [4.69, 9.17) is 10.3 Å². The summed E-state index contributed by atoms with van der Waals surface area (Å²) < 4.78 is 18.3. The second-order valence-corrected chi connectivity index (χ2v) is 5.76. The Balaban J connectivity index is 1.96. The van der Waals surface area contributed by atoms with Crippen LogP contribution in [0.2, 0.25) is 0 Å². The van der Waals surface area contributed by atoms with Gasteiger partial charge in [0.05, 0.1) is 5.75 Å². The summed E-state index contributed by atoms with van der Waals surface area (Å²) in [6.07, 6.45) is 0.793. The molecule has 0 saturated carbocycles. The van der Waals surface area contributed by atoms with Gasteiger partial charge >= 0.3 is 0 Å². The van der Waals surface area contributed by atoms with Crippen LogP contribution in [0.15, 0.2) is 27.6 Å². The molecule has 0 bridgehead atoms. The molecule has 1 heterocycles. The first-order valence-electron chi connectivity index (χ1n) is 6.03. The molecule has 2 aromatic rings. The number of anilines is 1. The van der Waals surface area contributed by atoms with Crippen LogP contribution in [-0.2, 0) is 12.2 Å². The number of rotatable bonds is 5. The van der Waals surface area contributed by atoms with Crippen LogP contribution >= 0.6 is 11.8 Å². The number of thioether (sulfide) groups is 1. The highest BCUT2D eigenvalue weighted by Gasteiger charge is 2.09. The van der Waals surface area contributed by atoms with Crippen LogP contribution in [0.3, 0.4) is 0 Å². The Bertz CT molecular complexity index is 536. The molecule has 0 amide bonds. The summed E-state index contributed by atoms with van der Waals surface area (Å²) in [7, 11) is 0. The first-order chi connectivity index (χ1) is 9.02. The Labute approximate surface area is 115 Å². The lowest BCUT2D eigenvalue weighted by Crippen LogP contribution is -1.96. The molecule has 1 aromatic heterocycles. The third kappa shape index (κ3) is 4.24. The van der Waals surface area contributed by atoms with Gasteiger partial charge in [-0.3, -0.25) is 0 Å². The van der Waals surface area contributed by atoms with E-state index in [2.05, 4.69) is 24.0 Å². The standard InChI is InChI=1S/C13H16FN3OS/c1-8(2)3-12-16-13(18-17-12)7-19-11-5-9(14)4-10(15)6-11/h4-6,8H,3,7,15H2,1-2H3. The zero-order valence-electron chi connectivity index (χ0n) is 10.9. The average molecular weight is 281 g/mol. The van der Waals surface area contributed by atoms with Crippen molar-refractivity contribution in [3.05, 3.63) is 35.7 Å². The molecule has 0 aliphatic heterocycles. The smallest absolute Gasteiger partial charge is 0.237 e. The molecular formula is C13H16FN3OS. The maximum absolute atomic E-state index is 13.2. The van der Waals surface area contributed by atoms with Crippen molar-refractivity contribution in [1.82, 2.24) is 10.1 Å². The van der Waals surface area contributed by atoms with E-state index in [0.29, 0.717) is 29.1 Å². The van der Waals surface area contributed by atoms with E-state index in [1.54, 1.807) is 6.07 Å². The lowest BCUT2D eigenvalue weighted by atomic mass is 10.1. The topological polar surface area (TPSA) is 64.9 Å². The summed E-state index contributed by atoms with van der Waals surface area (Å²) in [4.78, 5) is 5.04. The number of nitrogen functional groups attached to an aromatic ring is 1. The number of hydrogen-bond acceptors (Lipinski definition) is 5. The van der Waals surface area contributed by atoms with Crippen molar-refractivity contribution in [3.8, 4) is 0 Å². The number of halogens is 1. The molecule has 0 aliphatic carbocycles. The molecule has 6 heteroatoms. The molecule has 0 radical (unpaired) electrons. The van der Waals surface area contributed by atoms with Crippen LogP contribution in [0.4, 0.5) is 10.1 Å². The highest BCUT2D eigenvalue weighted by molar-refractivity contribution is 7.98. The molecular weight excluding hydrogens is 265 g/mol. The zero-order chi connectivity index (χ0) is 13.8. The average Bonchev–Trinajstić information content (AvgIpc) is 2.72. The molecule has 1 aromatic carbocycles. The van der Waals surface area contributed by atoms with Gasteiger partial charge in [-0.25, -0.2) is 4.39 Å². The fourth-order valence-corrected chi connectivity index (χ4v) is 2.43. The second kappa shape index (κ2) is 6.06. The quantitative estimate of drug-likeness (QED) is 0.673. The van der Waals surface area contributed by atoms with E-state index in [-0.39, 0.29) is 5.82 Å². The maximum Gasteiger partial charge on any atom is 0.237 e. The lowest BCUT2D eigenvalue weighted by Gasteiger charge is -2.00. The van der Waals surface area contributed by atoms with E-state index in [1.165, 1.54) is 23.9 Å². The molecule has 0 fully saturated rings. The summed E-state index contributed by atoms with van der Waals surface area (Å²) >= 11 is 1.42. The zero-order valence-corrected chi connectivity index (χ0v) is 11.7. The van der Waals surface area contributed by atoms with Gasteiger partial charge in [-0.15, -0.1) is 11.8 Å². The van der Waals surface area contributed by atoms with Gasteiger partial charge in [-0.1, -0.05) is 19.0 Å². The van der Waals surface area contributed by atoms with E-state index < -0.39 is 0 Å². The molecule has 0 unspecified atom stereocenters. The molecule has 19 heavy (non-hydrogen) atoms. The molecule has 0 aliphatic rings. The number of aromatic nitrogens is 2. The van der Waals surface area contributed by atoms with Gasteiger partial charge in [0.1, 0.15) is 5.82 Å². The number of nitrogens with zero attached hydrogens (tertiary/aromatic N) is 2. The third-order valence-electron chi connectivity index (χ3n) is 2.36. The first kappa shape index (κ1) is 13.9. The van der Waals surface area contributed by atoms with Crippen LogP contribution in [-0.4, -0.2) is 10.1 Å². The summed E-state index contributed by atoms with van der Waals surface area (Å²) in [6.45, 7) is 4.20. The van der Waals surface area contributed by atoms with Crippen molar-refractivity contribution >= 4 is 17.4 Å². The van der Waals surface area contributed by atoms with Crippen molar-refractivity contribution in [2.45, 2.75) is 30.9 Å². The number of benzene rings is 1. The normalized spacial score (nSPS) is 11.2. The lowest BCUT2D eigenvalue weighted by molar-refractivity contribution is 0.382. The van der Waals surface area contributed by atoms with E-state index in [9.17, 15) is 4.39 Å². The fraction of sp³-hybridized carbons (Fsp3) is 0.385. The van der Waals surface area contributed by atoms with Gasteiger partial charge in [-0.05, 0) is 24.1 Å². The fourth-order valence-electron chi connectivity index (χ4n) is 1.61. The maximum atomic E-state index is 13.2. The summed E-state index contributed by atoms with van der Waals surface area (Å²) in [5.74, 6) is 1.91. The van der Waals surface area contributed by atoms with Crippen molar-refractivity contribution in [2.24, 2.45) is 5.92 Å². The van der Waals surface area contributed by atoms with Crippen LogP contribution in [0.25, 0.3) is 0 Å². The van der Waals surface area contributed by atoms with Crippen molar-refractivity contribution in [1.29, 1.82) is 0 Å². The summed E-state index contributed by atoms with van der Waals surface area (Å²) in [6, 6.07) is 4.45. The van der Waals surface area contributed by atoms with Gasteiger partial charge in [0.15, 0.2) is 5.82 Å². The monoisotopic (exact) mass is 281 g/mol. The van der Waals surface area contributed by atoms with Crippen LogP contribution < -0.4 is 5.73 Å². The van der Waals surface area contributed by atoms with Crippen LogP contribution in [0.1, 0.15) is 25.6 Å². The van der Waals surface area contributed by atoms with E-state index in [0.717, 1.165) is 11.3 Å². The van der Waals surface area contributed by atoms with Gasteiger partial charge in [0.2, 0.25) is 5.89 Å². The van der Waals surface area contributed by atoms with Crippen molar-refractivity contribution in [3.63, 3.8) is 0 Å². The minimum absolute atomic E-state index is 0.339. The molecule has 0 atom stereocenters. The van der Waals surface area contributed by atoms with Crippen molar-refractivity contribution < 1.29 is 8.91 Å². The minimum atomic E-state index is -0.339. The molecule has 0 saturated heterocycles. The largest absolute Gasteiger partial charge is 0.399 e. The summed E-state index contributed by atoms with van der Waals surface area (Å²) in [5.41, 5.74) is 5.99. The Morgan fingerprint density at radius 2 is 2.16 bits per heavy atom. The highest BCUT2D eigenvalue weighted by atomic mass is 32.2. The summed E-state index contributed by atoms with van der Waals surface area (Å²) in [5, 5.41) is 3.91. The van der Waals surface area contributed by atoms with Crippen LogP contribution in [0, 0.1) is 11.7 Å². The Morgan fingerprint density at radius 3 is 2.84 bits per heavy atom. The van der Waals surface area contributed by atoms with Crippen LogP contribution in [0.5, 0.6) is 0 Å². The minimum Gasteiger partial charge on any atom is -0.399 e. The van der Waals surface area contributed by atoms with Crippen molar-refractivity contribution in [2.75, 3.05) is 5.73 Å². The third-order valence-corrected chi connectivity index (χ3v) is 3.32. The molecule has 102 valence electrons. The number of nitrogens with two attached hydrogens (primary N) is 1. The number of hydrogen-bond donors (Lipinski definition) is 1. The van der Waals surface area contributed by atoms with Gasteiger partial charge in [-0.2, -0.15) is 4.98 Å². The molecule has 2 rings (SSSR count). The molecule has 0 spiro atoms. The van der Waals surface area contributed by atoms with Gasteiger partial charge in [0, 0.05) is 17.0 Å². The Morgan fingerprint density at radius 1 is 1.37 bits per heavy atom. The Kier molecular flexibility index (Phi) is 4.42. The predicted molar refractivity (Wildman–Crippen MR) is 73.2 cm³/mol. The van der Waals surface area contributed by atoms with E-state index >= 15 is 0 Å². The predicted octanol–water partition coefficient (Wildman–Crippen LogP) is 3.28. The van der Waals surface area contributed by atoms with Gasteiger partial charge < -0.3 is 10.3 Å². The first-order valence-corrected chi connectivity index (χ1v) is 7.02. The molecule has 4 nitrogen and oxygen atoms in total. The van der Waals surface area contributed by atoms with E-state index in [1.807, 2.05) is 0 Å². The Hall–Kier alpha value is -1.56. The molecule has 2 N–H and O–H groups in total. The highest BCUT2D eigenvalue weighted by Crippen LogP contribution is 2.25. The SMILES string of the molecule is CC(C)Cc1noc(CSc2cc(N)cc(F)c2)n1.